The first kappa shape index (κ1) is 14.0. The molecule has 0 spiro atoms. The Labute approximate surface area is 107 Å². The SMILES string of the molecule is CC(CCC=Cc1ccccc1)CC(C)(C)C. The molecule has 0 aliphatic heterocycles. The lowest BCUT2D eigenvalue weighted by atomic mass is 9.84. The van der Waals surface area contributed by atoms with Gasteiger partial charge < -0.3 is 0 Å². The largest absolute Gasteiger partial charge is 0.0839 e. The van der Waals surface area contributed by atoms with Crippen LogP contribution in [0.3, 0.4) is 0 Å². The molecule has 0 heterocycles. The molecule has 1 aromatic rings. The van der Waals surface area contributed by atoms with Gasteiger partial charge in [0.05, 0.1) is 0 Å². The van der Waals surface area contributed by atoms with Gasteiger partial charge in [-0.05, 0) is 36.2 Å². The second-order valence-corrected chi connectivity index (χ2v) is 6.26. The van der Waals surface area contributed by atoms with Crippen molar-refractivity contribution in [2.24, 2.45) is 11.3 Å². The van der Waals surface area contributed by atoms with Crippen molar-refractivity contribution in [3.05, 3.63) is 42.0 Å². The average molecular weight is 230 g/mol. The molecule has 0 heteroatoms. The van der Waals surface area contributed by atoms with Crippen LogP contribution in [0.1, 0.15) is 52.5 Å². The fourth-order valence-electron chi connectivity index (χ4n) is 2.31. The molecule has 0 bridgehead atoms. The molecule has 0 radical (unpaired) electrons. The number of allylic oxidation sites excluding steroid dienone is 1. The minimum absolute atomic E-state index is 0.461. The van der Waals surface area contributed by atoms with Crippen LogP contribution in [0, 0.1) is 11.3 Å². The topological polar surface area (TPSA) is 0 Å². The molecule has 17 heavy (non-hydrogen) atoms. The van der Waals surface area contributed by atoms with Crippen LogP contribution >= 0.6 is 0 Å². The fraction of sp³-hybridized carbons (Fsp3) is 0.529. The van der Waals surface area contributed by atoms with Gasteiger partial charge >= 0.3 is 0 Å². The number of rotatable bonds is 5. The van der Waals surface area contributed by atoms with E-state index in [0.717, 1.165) is 5.92 Å². The fourth-order valence-corrected chi connectivity index (χ4v) is 2.31. The van der Waals surface area contributed by atoms with Gasteiger partial charge in [0, 0.05) is 0 Å². The third-order valence-corrected chi connectivity index (χ3v) is 2.90. The van der Waals surface area contributed by atoms with Gasteiger partial charge in [0.1, 0.15) is 0 Å². The molecule has 0 aliphatic carbocycles. The Balaban J connectivity index is 2.26. The van der Waals surface area contributed by atoms with E-state index in [1.165, 1.54) is 24.8 Å². The number of benzene rings is 1. The molecule has 0 amide bonds. The van der Waals surface area contributed by atoms with Gasteiger partial charge in [-0.3, -0.25) is 0 Å². The molecule has 0 saturated carbocycles. The first-order valence-corrected chi connectivity index (χ1v) is 6.69. The van der Waals surface area contributed by atoms with E-state index in [2.05, 4.69) is 70.2 Å². The lowest BCUT2D eigenvalue weighted by molar-refractivity contribution is 0.298. The third-order valence-electron chi connectivity index (χ3n) is 2.90. The monoisotopic (exact) mass is 230 g/mol. The van der Waals surface area contributed by atoms with E-state index in [0.29, 0.717) is 5.41 Å². The standard InChI is InChI=1S/C17H26/c1-15(14-17(2,3)4)10-8-9-13-16-11-6-5-7-12-16/h5-7,9,11-13,15H,8,10,14H2,1-4H3. The van der Waals surface area contributed by atoms with Crippen LogP contribution in [0.25, 0.3) is 6.08 Å². The van der Waals surface area contributed by atoms with Crippen LogP contribution in [-0.2, 0) is 0 Å². The van der Waals surface area contributed by atoms with Crippen LogP contribution in [-0.4, -0.2) is 0 Å². The van der Waals surface area contributed by atoms with Crippen molar-refractivity contribution in [3.8, 4) is 0 Å². The summed E-state index contributed by atoms with van der Waals surface area (Å²) in [4.78, 5) is 0. The summed E-state index contributed by atoms with van der Waals surface area (Å²) in [6.07, 6.45) is 8.32. The Morgan fingerprint density at radius 3 is 2.35 bits per heavy atom. The molecule has 0 aliphatic rings. The summed E-state index contributed by atoms with van der Waals surface area (Å²) in [6.45, 7) is 9.33. The molecule has 0 aromatic heterocycles. The highest BCUT2D eigenvalue weighted by Crippen LogP contribution is 2.26. The zero-order valence-electron chi connectivity index (χ0n) is 11.7. The van der Waals surface area contributed by atoms with Crippen molar-refractivity contribution in [2.45, 2.75) is 47.0 Å². The summed E-state index contributed by atoms with van der Waals surface area (Å²) in [5.74, 6) is 0.815. The Bertz CT molecular complexity index is 327. The molecule has 1 atom stereocenters. The van der Waals surface area contributed by atoms with Gasteiger partial charge in [0.25, 0.3) is 0 Å². The molecule has 1 unspecified atom stereocenters. The summed E-state index contributed by atoms with van der Waals surface area (Å²) in [6, 6.07) is 10.5. The van der Waals surface area contributed by atoms with E-state index >= 15 is 0 Å². The van der Waals surface area contributed by atoms with Crippen LogP contribution in [0.4, 0.5) is 0 Å². The first-order chi connectivity index (χ1) is 7.97. The van der Waals surface area contributed by atoms with E-state index < -0.39 is 0 Å². The molecule has 1 rings (SSSR count). The number of hydrogen-bond acceptors (Lipinski definition) is 0. The maximum Gasteiger partial charge on any atom is -0.0260 e. The van der Waals surface area contributed by atoms with E-state index in [1.54, 1.807) is 0 Å². The van der Waals surface area contributed by atoms with Crippen molar-refractivity contribution < 1.29 is 0 Å². The van der Waals surface area contributed by atoms with Gasteiger partial charge in [-0.1, -0.05) is 70.2 Å². The molecule has 1 aromatic carbocycles. The highest BCUT2D eigenvalue weighted by Gasteiger charge is 2.14. The van der Waals surface area contributed by atoms with Gasteiger partial charge in [-0.15, -0.1) is 0 Å². The Kier molecular flexibility index (Phi) is 5.47. The molecule has 0 saturated heterocycles. The molecule has 0 N–H and O–H groups in total. The normalized spacial score (nSPS) is 14.1. The zero-order chi connectivity index (χ0) is 12.7. The van der Waals surface area contributed by atoms with E-state index in [4.69, 9.17) is 0 Å². The minimum Gasteiger partial charge on any atom is -0.0839 e. The summed E-state index contributed by atoms with van der Waals surface area (Å²) in [5.41, 5.74) is 1.76. The van der Waals surface area contributed by atoms with Crippen LogP contribution in [0.15, 0.2) is 36.4 Å². The molecule has 0 nitrogen and oxygen atoms in total. The average Bonchev–Trinajstić information content (AvgIpc) is 2.23. The minimum atomic E-state index is 0.461. The second-order valence-electron chi connectivity index (χ2n) is 6.26. The van der Waals surface area contributed by atoms with Gasteiger partial charge in [-0.2, -0.15) is 0 Å². The Morgan fingerprint density at radius 1 is 1.12 bits per heavy atom. The van der Waals surface area contributed by atoms with Crippen molar-refractivity contribution in [1.29, 1.82) is 0 Å². The smallest absolute Gasteiger partial charge is 0.0260 e. The predicted molar refractivity (Wildman–Crippen MR) is 77.9 cm³/mol. The Hall–Kier alpha value is -1.04. The van der Waals surface area contributed by atoms with Crippen molar-refractivity contribution >= 4 is 6.08 Å². The van der Waals surface area contributed by atoms with Gasteiger partial charge in [0.2, 0.25) is 0 Å². The van der Waals surface area contributed by atoms with Crippen molar-refractivity contribution in [3.63, 3.8) is 0 Å². The maximum absolute atomic E-state index is 2.36. The summed E-state index contributed by atoms with van der Waals surface area (Å²) in [7, 11) is 0. The zero-order valence-corrected chi connectivity index (χ0v) is 11.7. The summed E-state index contributed by atoms with van der Waals surface area (Å²) >= 11 is 0. The summed E-state index contributed by atoms with van der Waals surface area (Å²) < 4.78 is 0. The molecular formula is C17H26. The number of hydrogen-bond donors (Lipinski definition) is 0. The lowest BCUT2D eigenvalue weighted by Crippen LogP contribution is -2.10. The summed E-state index contributed by atoms with van der Waals surface area (Å²) in [5, 5.41) is 0. The first-order valence-electron chi connectivity index (χ1n) is 6.69. The molecular weight excluding hydrogens is 204 g/mol. The van der Waals surface area contributed by atoms with E-state index in [9.17, 15) is 0 Å². The quantitative estimate of drug-likeness (QED) is 0.622. The lowest BCUT2D eigenvalue weighted by Gasteiger charge is -2.22. The van der Waals surface area contributed by atoms with Crippen LogP contribution in [0.5, 0.6) is 0 Å². The van der Waals surface area contributed by atoms with Crippen LogP contribution in [0.2, 0.25) is 0 Å². The van der Waals surface area contributed by atoms with Crippen molar-refractivity contribution in [2.75, 3.05) is 0 Å². The van der Waals surface area contributed by atoms with Gasteiger partial charge in [0.15, 0.2) is 0 Å². The molecule has 0 fully saturated rings. The predicted octanol–water partition coefficient (Wildman–Crippen LogP) is 5.55. The van der Waals surface area contributed by atoms with E-state index in [-0.39, 0.29) is 0 Å². The second kappa shape index (κ2) is 6.64. The van der Waals surface area contributed by atoms with Crippen LogP contribution < -0.4 is 0 Å². The Morgan fingerprint density at radius 2 is 1.76 bits per heavy atom. The molecule has 94 valence electrons. The maximum atomic E-state index is 2.36. The van der Waals surface area contributed by atoms with Gasteiger partial charge in [-0.25, -0.2) is 0 Å². The highest BCUT2D eigenvalue weighted by atomic mass is 14.2. The highest BCUT2D eigenvalue weighted by molar-refractivity contribution is 5.48. The van der Waals surface area contributed by atoms with Crippen molar-refractivity contribution in [1.82, 2.24) is 0 Å². The third kappa shape index (κ3) is 6.99. The van der Waals surface area contributed by atoms with E-state index in [1.807, 2.05) is 0 Å².